The van der Waals surface area contributed by atoms with Gasteiger partial charge in [-0.25, -0.2) is 14.2 Å². The van der Waals surface area contributed by atoms with E-state index in [-0.39, 0.29) is 11.9 Å². The maximum Gasteiger partial charge on any atom is 0.410 e. The Labute approximate surface area is 137 Å². The first-order valence-corrected chi connectivity index (χ1v) is 7.88. The van der Waals surface area contributed by atoms with Crippen molar-refractivity contribution in [3.8, 4) is 0 Å². The van der Waals surface area contributed by atoms with Gasteiger partial charge in [0.2, 0.25) is 0 Å². The van der Waals surface area contributed by atoms with E-state index in [0.29, 0.717) is 29.7 Å². The van der Waals surface area contributed by atoms with Gasteiger partial charge in [-0.3, -0.25) is 0 Å². The Morgan fingerprint density at radius 1 is 1.33 bits per heavy atom. The quantitative estimate of drug-likeness (QED) is 0.672. The number of hydrogen-bond acceptors (Lipinski definition) is 4. The lowest BCUT2D eigenvalue weighted by atomic mass is 10.2. The van der Waals surface area contributed by atoms with Crippen LogP contribution in [0.5, 0.6) is 0 Å². The van der Waals surface area contributed by atoms with Crippen LogP contribution in [-0.4, -0.2) is 47.8 Å². The zero-order chi connectivity index (χ0) is 15.6. The minimum Gasteiger partial charge on any atom is -0.444 e. The lowest BCUT2D eigenvalue weighted by Crippen LogP contribution is -2.50. The lowest BCUT2D eigenvalue weighted by Gasteiger charge is -2.36. The fourth-order valence-electron chi connectivity index (χ4n) is 2.02. The Morgan fingerprint density at radius 2 is 1.95 bits per heavy atom. The maximum atomic E-state index is 13.2. The van der Waals surface area contributed by atoms with Crippen molar-refractivity contribution >= 4 is 34.5 Å². The van der Waals surface area contributed by atoms with Crippen molar-refractivity contribution in [2.24, 2.45) is 0 Å². The summed E-state index contributed by atoms with van der Waals surface area (Å²) in [7, 11) is 0. The average Bonchev–Trinajstić information content (AvgIpc) is 2.40. The van der Waals surface area contributed by atoms with Gasteiger partial charge in [-0.15, -0.1) is 0 Å². The molecule has 1 saturated heterocycles. The zero-order valence-corrected chi connectivity index (χ0v) is 14.6. The highest BCUT2D eigenvalue weighted by Gasteiger charge is 2.26. The molecule has 0 aliphatic carbocycles. The van der Waals surface area contributed by atoms with Gasteiger partial charge in [-0.1, -0.05) is 0 Å². The number of amides is 1. The highest BCUT2D eigenvalue weighted by atomic mass is 127. The second kappa shape index (κ2) is 6.33. The summed E-state index contributed by atoms with van der Waals surface area (Å²) >= 11 is 1.95. The standard InChI is InChI=1S/C14H19FIN3O2/c1-14(2,3)21-13(20)19-6-4-18(5-7-19)12-8-11(16)10(15)9-17-12/h8-9H,4-7H2,1-3H3. The first kappa shape index (κ1) is 16.3. The summed E-state index contributed by atoms with van der Waals surface area (Å²) in [4.78, 5) is 19.8. The van der Waals surface area contributed by atoms with Crippen molar-refractivity contribution in [3.63, 3.8) is 0 Å². The summed E-state index contributed by atoms with van der Waals surface area (Å²) < 4.78 is 19.1. The molecule has 7 heteroatoms. The second-order valence-corrected chi connectivity index (χ2v) is 7.07. The number of carbonyl (C=O) groups excluding carboxylic acids is 1. The van der Waals surface area contributed by atoms with Crippen LogP contribution in [0.4, 0.5) is 15.0 Å². The molecule has 2 rings (SSSR count). The van der Waals surface area contributed by atoms with E-state index in [1.807, 2.05) is 48.3 Å². The van der Waals surface area contributed by atoms with Gasteiger partial charge in [0.05, 0.1) is 9.77 Å². The van der Waals surface area contributed by atoms with E-state index in [2.05, 4.69) is 4.98 Å². The van der Waals surface area contributed by atoms with Crippen molar-refractivity contribution in [2.45, 2.75) is 26.4 Å². The number of hydrogen-bond donors (Lipinski definition) is 0. The van der Waals surface area contributed by atoms with Crippen molar-refractivity contribution in [2.75, 3.05) is 31.1 Å². The van der Waals surface area contributed by atoms with Gasteiger partial charge in [0.15, 0.2) is 5.82 Å². The molecule has 0 bridgehead atoms. The normalized spacial score (nSPS) is 16.0. The molecule has 0 N–H and O–H groups in total. The third-order valence-corrected chi connectivity index (χ3v) is 3.88. The highest BCUT2D eigenvalue weighted by Crippen LogP contribution is 2.19. The molecule has 0 spiro atoms. The number of anilines is 1. The SMILES string of the molecule is CC(C)(C)OC(=O)N1CCN(c2cc(I)c(F)cn2)CC1. The first-order chi connectivity index (χ1) is 9.76. The first-order valence-electron chi connectivity index (χ1n) is 6.80. The van der Waals surface area contributed by atoms with E-state index >= 15 is 0 Å². The zero-order valence-electron chi connectivity index (χ0n) is 12.4. The van der Waals surface area contributed by atoms with E-state index in [1.54, 1.807) is 11.0 Å². The number of ether oxygens (including phenoxy) is 1. The number of piperazine rings is 1. The van der Waals surface area contributed by atoms with E-state index in [9.17, 15) is 9.18 Å². The van der Waals surface area contributed by atoms with Gasteiger partial charge in [-0.2, -0.15) is 0 Å². The van der Waals surface area contributed by atoms with Crippen LogP contribution >= 0.6 is 22.6 Å². The molecule has 116 valence electrons. The van der Waals surface area contributed by atoms with Crippen LogP contribution in [0.1, 0.15) is 20.8 Å². The average molecular weight is 407 g/mol. The molecule has 2 heterocycles. The highest BCUT2D eigenvalue weighted by molar-refractivity contribution is 14.1. The Morgan fingerprint density at radius 3 is 2.48 bits per heavy atom. The third-order valence-electron chi connectivity index (χ3n) is 3.05. The number of nitrogens with zero attached hydrogens (tertiary/aromatic N) is 3. The smallest absolute Gasteiger partial charge is 0.410 e. The number of pyridine rings is 1. The van der Waals surface area contributed by atoms with Gasteiger partial charge in [0.25, 0.3) is 0 Å². The summed E-state index contributed by atoms with van der Waals surface area (Å²) in [6.45, 7) is 8.03. The fourth-order valence-corrected chi connectivity index (χ4v) is 2.44. The summed E-state index contributed by atoms with van der Waals surface area (Å²) in [5, 5.41) is 0. The van der Waals surface area contributed by atoms with Gasteiger partial charge in [-0.05, 0) is 49.4 Å². The van der Waals surface area contributed by atoms with Crippen molar-refractivity contribution in [1.82, 2.24) is 9.88 Å². The molecule has 0 saturated carbocycles. The molecule has 1 aliphatic rings. The molecule has 0 atom stereocenters. The second-order valence-electron chi connectivity index (χ2n) is 5.91. The molecule has 1 amide bonds. The maximum absolute atomic E-state index is 13.2. The summed E-state index contributed by atoms with van der Waals surface area (Å²) in [5.41, 5.74) is -0.483. The predicted octanol–water partition coefficient (Wildman–Crippen LogP) is 2.88. The molecule has 1 aliphatic heterocycles. The van der Waals surface area contributed by atoms with Crippen LogP contribution < -0.4 is 4.90 Å². The number of carbonyl (C=O) groups is 1. The van der Waals surface area contributed by atoms with Crippen LogP contribution in [0.2, 0.25) is 0 Å². The topological polar surface area (TPSA) is 45.7 Å². The molecule has 1 aromatic heterocycles. The van der Waals surface area contributed by atoms with Crippen molar-refractivity contribution < 1.29 is 13.9 Å². The molecule has 0 unspecified atom stereocenters. The van der Waals surface area contributed by atoms with Crippen LogP contribution in [0.3, 0.4) is 0 Å². The summed E-state index contributed by atoms with van der Waals surface area (Å²) in [5.74, 6) is 0.427. The van der Waals surface area contributed by atoms with E-state index < -0.39 is 5.60 Å². The Balaban J connectivity index is 1.94. The minimum absolute atomic E-state index is 0.288. The van der Waals surface area contributed by atoms with Crippen LogP contribution in [0, 0.1) is 9.39 Å². The van der Waals surface area contributed by atoms with Crippen LogP contribution in [0.25, 0.3) is 0 Å². The molecular weight excluding hydrogens is 388 g/mol. The molecular formula is C14H19FIN3O2. The van der Waals surface area contributed by atoms with E-state index in [0.717, 1.165) is 5.82 Å². The van der Waals surface area contributed by atoms with E-state index in [4.69, 9.17) is 4.74 Å². The van der Waals surface area contributed by atoms with Crippen LogP contribution in [-0.2, 0) is 4.74 Å². The summed E-state index contributed by atoms with van der Waals surface area (Å²) in [6, 6.07) is 1.72. The number of halogens is 2. The molecule has 0 radical (unpaired) electrons. The largest absolute Gasteiger partial charge is 0.444 e. The Bertz CT molecular complexity index is 525. The molecule has 1 fully saturated rings. The Hall–Kier alpha value is -1.12. The molecule has 1 aromatic rings. The number of rotatable bonds is 1. The van der Waals surface area contributed by atoms with E-state index in [1.165, 1.54) is 6.20 Å². The number of aromatic nitrogens is 1. The minimum atomic E-state index is -0.483. The molecule has 0 aromatic carbocycles. The van der Waals surface area contributed by atoms with Gasteiger partial charge in [0.1, 0.15) is 11.4 Å². The van der Waals surface area contributed by atoms with Crippen molar-refractivity contribution in [3.05, 3.63) is 21.7 Å². The third kappa shape index (κ3) is 4.42. The fraction of sp³-hybridized carbons (Fsp3) is 0.571. The molecule has 21 heavy (non-hydrogen) atoms. The monoisotopic (exact) mass is 407 g/mol. The summed E-state index contributed by atoms with van der Waals surface area (Å²) in [6.07, 6.45) is 0.945. The lowest BCUT2D eigenvalue weighted by molar-refractivity contribution is 0.0240. The Kier molecular flexibility index (Phi) is 4.90. The van der Waals surface area contributed by atoms with Gasteiger partial charge in [0, 0.05) is 26.2 Å². The van der Waals surface area contributed by atoms with Gasteiger partial charge < -0.3 is 14.5 Å². The van der Waals surface area contributed by atoms with Crippen LogP contribution in [0.15, 0.2) is 12.3 Å². The predicted molar refractivity (Wildman–Crippen MR) is 86.9 cm³/mol. The van der Waals surface area contributed by atoms with Gasteiger partial charge >= 0.3 is 6.09 Å². The molecule has 5 nitrogen and oxygen atoms in total. The van der Waals surface area contributed by atoms with Crippen molar-refractivity contribution in [1.29, 1.82) is 0 Å².